The largest absolute Gasteiger partial charge is 0.504 e. The van der Waals surface area contributed by atoms with Crippen molar-refractivity contribution in [1.82, 2.24) is 0 Å². The normalized spacial score (nSPS) is 25.8. The van der Waals surface area contributed by atoms with E-state index >= 15 is 0 Å². The van der Waals surface area contributed by atoms with Gasteiger partial charge in [-0.15, -0.1) is 0 Å². The summed E-state index contributed by atoms with van der Waals surface area (Å²) in [4.78, 5) is 12.6. The lowest BCUT2D eigenvalue weighted by atomic mass is 9.90. The molecule has 2 aromatic carbocycles. The zero-order valence-electron chi connectivity index (χ0n) is 16.3. The molecule has 170 valence electrons. The number of aromatic hydroxyl groups is 4. The molecule has 0 bridgehead atoms. The Kier molecular flexibility index (Phi) is 5.44. The second kappa shape index (κ2) is 7.97. The van der Waals surface area contributed by atoms with Gasteiger partial charge >= 0.3 is 0 Å². The van der Waals surface area contributed by atoms with Gasteiger partial charge in [0.1, 0.15) is 47.2 Å². The number of rotatable bonds is 3. The summed E-state index contributed by atoms with van der Waals surface area (Å²) >= 11 is 0. The maximum atomic E-state index is 12.6. The van der Waals surface area contributed by atoms with Gasteiger partial charge in [0.15, 0.2) is 28.4 Å². The molecule has 8 N–H and O–H groups in total. The predicted molar refractivity (Wildman–Crippen MR) is 107 cm³/mol. The average Bonchev–Trinajstić information content (AvgIpc) is 2.76. The van der Waals surface area contributed by atoms with Gasteiger partial charge in [0.05, 0.1) is 6.61 Å². The summed E-state index contributed by atoms with van der Waals surface area (Å²) in [6.45, 7) is -0.703. The van der Waals surface area contributed by atoms with Crippen LogP contribution in [0.2, 0.25) is 0 Å². The number of aliphatic hydroxyl groups is 4. The molecule has 1 saturated heterocycles. The number of ether oxygens (including phenoxy) is 1. The summed E-state index contributed by atoms with van der Waals surface area (Å²) in [7, 11) is 0. The summed E-state index contributed by atoms with van der Waals surface area (Å²) in [6, 6.07) is 5.84. The molecule has 0 unspecified atom stereocenters. The molecule has 4 rings (SSSR count). The zero-order chi connectivity index (χ0) is 23.3. The lowest BCUT2D eigenvalue weighted by molar-refractivity contribution is -0.232. The molecule has 0 saturated carbocycles. The minimum absolute atomic E-state index is 0.0392. The van der Waals surface area contributed by atoms with E-state index in [1.807, 2.05) is 0 Å². The molecule has 3 aromatic rings. The van der Waals surface area contributed by atoms with Gasteiger partial charge in [-0.05, 0) is 24.3 Å². The van der Waals surface area contributed by atoms with Crippen molar-refractivity contribution in [3.63, 3.8) is 0 Å². The van der Waals surface area contributed by atoms with Crippen LogP contribution in [0.15, 0.2) is 39.5 Å². The molecule has 0 spiro atoms. The van der Waals surface area contributed by atoms with Crippen molar-refractivity contribution in [2.45, 2.75) is 30.5 Å². The number of phenols is 4. The van der Waals surface area contributed by atoms with Crippen molar-refractivity contribution < 1.29 is 50.0 Å². The molecular formula is C21H20O11. The van der Waals surface area contributed by atoms with Gasteiger partial charge < -0.3 is 50.0 Å². The molecule has 1 aliphatic rings. The second-order valence-electron chi connectivity index (χ2n) is 7.46. The smallest absolute Gasteiger partial charge is 0.197 e. The highest BCUT2D eigenvalue weighted by atomic mass is 16.5. The van der Waals surface area contributed by atoms with Gasteiger partial charge in [-0.1, -0.05) is 0 Å². The van der Waals surface area contributed by atoms with Crippen LogP contribution in [0.25, 0.3) is 22.3 Å². The molecule has 1 fully saturated rings. The molecule has 0 amide bonds. The Morgan fingerprint density at radius 1 is 0.844 bits per heavy atom. The third kappa shape index (κ3) is 3.42. The highest BCUT2D eigenvalue weighted by Gasteiger charge is 2.45. The van der Waals surface area contributed by atoms with E-state index in [1.54, 1.807) is 0 Å². The van der Waals surface area contributed by atoms with E-state index in [-0.39, 0.29) is 33.6 Å². The van der Waals surface area contributed by atoms with Crippen LogP contribution in [0.5, 0.6) is 23.0 Å². The van der Waals surface area contributed by atoms with Gasteiger partial charge in [-0.25, -0.2) is 0 Å². The molecule has 32 heavy (non-hydrogen) atoms. The van der Waals surface area contributed by atoms with Crippen LogP contribution < -0.4 is 5.43 Å². The molecule has 11 heteroatoms. The first-order valence-electron chi connectivity index (χ1n) is 9.49. The topological polar surface area (TPSA) is 201 Å². The van der Waals surface area contributed by atoms with Crippen molar-refractivity contribution in [1.29, 1.82) is 0 Å². The number of benzene rings is 2. The Labute approximate surface area is 179 Å². The molecule has 11 nitrogen and oxygen atoms in total. The Bertz CT molecular complexity index is 1230. The van der Waals surface area contributed by atoms with Crippen LogP contribution >= 0.6 is 0 Å². The van der Waals surface area contributed by atoms with Crippen LogP contribution in [-0.2, 0) is 4.74 Å². The van der Waals surface area contributed by atoms with Gasteiger partial charge in [0.25, 0.3) is 0 Å². The van der Waals surface area contributed by atoms with Gasteiger partial charge in [0, 0.05) is 17.2 Å². The monoisotopic (exact) mass is 448 g/mol. The van der Waals surface area contributed by atoms with E-state index < -0.39 is 59.8 Å². The van der Waals surface area contributed by atoms with Crippen LogP contribution in [0.4, 0.5) is 0 Å². The van der Waals surface area contributed by atoms with Crippen molar-refractivity contribution in [2.24, 2.45) is 0 Å². The fourth-order valence-corrected chi connectivity index (χ4v) is 3.71. The molecule has 1 aliphatic heterocycles. The number of hydrogen-bond donors (Lipinski definition) is 8. The third-order valence-corrected chi connectivity index (χ3v) is 5.45. The van der Waals surface area contributed by atoms with E-state index in [9.17, 15) is 45.6 Å². The zero-order valence-corrected chi connectivity index (χ0v) is 16.3. The highest BCUT2D eigenvalue weighted by Crippen LogP contribution is 2.44. The van der Waals surface area contributed by atoms with Crippen molar-refractivity contribution >= 4 is 11.0 Å². The summed E-state index contributed by atoms with van der Waals surface area (Å²) in [6.07, 6.45) is -7.88. The van der Waals surface area contributed by atoms with E-state index in [1.165, 1.54) is 12.1 Å². The van der Waals surface area contributed by atoms with Crippen LogP contribution in [-0.4, -0.2) is 71.9 Å². The van der Waals surface area contributed by atoms with Crippen LogP contribution in [0, 0.1) is 0 Å². The Hall–Kier alpha value is -3.35. The molecular weight excluding hydrogens is 428 g/mol. The lowest BCUT2D eigenvalue weighted by Gasteiger charge is -2.40. The molecule has 2 heterocycles. The minimum Gasteiger partial charge on any atom is -0.504 e. The van der Waals surface area contributed by atoms with Crippen LogP contribution in [0.3, 0.4) is 0 Å². The number of aliphatic hydroxyl groups excluding tert-OH is 4. The van der Waals surface area contributed by atoms with Gasteiger partial charge in [-0.3, -0.25) is 4.79 Å². The third-order valence-electron chi connectivity index (χ3n) is 5.45. The van der Waals surface area contributed by atoms with E-state index in [4.69, 9.17) is 9.15 Å². The van der Waals surface area contributed by atoms with Gasteiger partial charge in [-0.2, -0.15) is 0 Å². The van der Waals surface area contributed by atoms with Gasteiger partial charge in [0.2, 0.25) is 0 Å². The summed E-state index contributed by atoms with van der Waals surface area (Å²) in [5.74, 6) is -2.56. The Balaban J connectivity index is 1.89. The summed E-state index contributed by atoms with van der Waals surface area (Å²) in [5.41, 5.74) is -0.994. The van der Waals surface area contributed by atoms with Crippen molar-refractivity contribution in [3.8, 4) is 34.3 Å². The number of fused-ring (bicyclic) bond motifs is 1. The molecule has 0 aliphatic carbocycles. The number of phenolic OH excluding ortho intramolecular Hbond substituents is 4. The molecule has 0 radical (unpaired) electrons. The molecule has 5 atom stereocenters. The average molecular weight is 448 g/mol. The maximum absolute atomic E-state index is 12.6. The SMILES string of the molecule is O=c1cc(-c2ccc(O)c(O)c2)oc2cc([C@@H]3O[C@H](CO)[C@@H](O)[C@H](O)[C@H]3O)c(O)c(O)c12. The fourth-order valence-electron chi connectivity index (χ4n) is 3.71. The lowest BCUT2D eigenvalue weighted by Crippen LogP contribution is -2.55. The molecule has 1 aromatic heterocycles. The van der Waals surface area contributed by atoms with Crippen LogP contribution in [0.1, 0.15) is 11.7 Å². The van der Waals surface area contributed by atoms with Crippen molar-refractivity contribution in [2.75, 3.05) is 6.61 Å². The summed E-state index contributed by atoms with van der Waals surface area (Å²) in [5, 5.41) is 79.4. The number of hydrogen-bond acceptors (Lipinski definition) is 11. The Morgan fingerprint density at radius 3 is 2.22 bits per heavy atom. The predicted octanol–water partition coefficient (Wildman–Crippen LogP) is -0.203. The summed E-state index contributed by atoms with van der Waals surface area (Å²) < 4.78 is 11.1. The second-order valence-corrected chi connectivity index (χ2v) is 7.46. The standard InChI is InChI=1S/C21H20O11/c22-6-14-17(27)19(29)20(30)21(32-14)8-4-13-15(18(28)16(8)26)11(25)5-12(31-13)7-1-2-9(23)10(24)3-7/h1-5,14,17,19-24,26-30H,6H2/t14-,17-,19+,20-,21+/m1/s1. The Morgan fingerprint density at radius 2 is 1.56 bits per heavy atom. The van der Waals surface area contributed by atoms with E-state index in [0.717, 1.165) is 18.2 Å². The van der Waals surface area contributed by atoms with E-state index in [2.05, 4.69) is 0 Å². The minimum atomic E-state index is -1.75. The van der Waals surface area contributed by atoms with Crippen molar-refractivity contribution in [3.05, 3.63) is 46.1 Å². The first kappa shape index (κ1) is 21.9. The fraction of sp³-hybridized carbons (Fsp3) is 0.286. The maximum Gasteiger partial charge on any atom is 0.197 e. The van der Waals surface area contributed by atoms with E-state index in [0.29, 0.717) is 0 Å². The first-order chi connectivity index (χ1) is 15.1. The first-order valence-corrected chi connectivity index (χ1v) is 9.49. The quantitative estimate of drug-likeness (QED) is 0.247. The highest BCUT2D eigenvalue weighted by molar-refractivity contribution is 5.88.